The van der Waals surface area contributed by atoms with E-state index in [-0.39, 0.29) is 18.9 Å². The average Bonchev–Trinajstić information content (AvgIpc) is 3.36. The van der Waals surface area contributed by atoms with Crippen molar-refractivity contribution in [2.24, 2.45) is 5.10 Å². The lowest BCUT2D eigenvalue weighted by Gasteiger charge is -2.23. The minimum absolute atomic E-state index is 0.272. The molecule has 0 spiro atoms. The molecule has 0 fully saturated rings. The number of hydrazone groups is 1. The van der Waals surface area contributed by atoms with Gasteiger partial charge in [0.05, 0.1) is 25.6 Å². The number of nitrogens with zero attached hydrogens (tertiary/aromatic N) is 4. The van der Waals surface area contributed by atoms with E-state index in [0.29, 0.717) is 35.3 Å². The highest BCUT2D eigenvalue weighted by Gasteiger charge is 2.35. The molecule has 3 aromatic rings. The second-order valence-corrected chi connectivity index (χ2v) is 8.81. The van der Waals surface area contributed by atoms with Crippen LogP contribution in [0.15, 0.2) is 84.0 Å². The second kappa shape index (κ2) is 12.1. The van der Waals surface area contributed by atoms with E-state index in [0.717, 1.165) is 11.3 Å². The number of hydrogen-bond acceptors (Lipinski definition) is 6. The van der Waals surface area contributed by atoms with Crippen LogP contribution in [0.25, 0.3) is 0 Å². The Morgan fingerprint density at radius 1 is 1.14 bits per heavy atom. The van der Waals surface area contributed by atoms with Crippen molar-refractivity contribution < 1.29 is 14.3 Å². The first-order valence-electron chi connectivity index (χ1n) is 11.8. The van der Waals surface area contributed by atoms with E-state index in [1.807, 2.05) is 47.4 Å². The number of amidine groups is 1. The van der Waals surface area contributed by atoms with Gasteiger partial charge < -0.3 is 15.0 Å². The number of nitriles is 1. The highest BCUT2D eigenvalue weighted by atomic mass is 35.5. The molecule has 188 valence electrons. The van der Waals surface area contributed by atoms with Crippen LogP contribution in [0.2, 0.25) is 5.02 Å². The Kier molecular flexibility index (Phi) is 8.39. The number of benzene rings is 3. The Labute approximate surface area is 220 Å². The van der Waals surface area contributed by atoms with Crippen LogP contribution in [-0.2, 0) is 9.59 Å². The molecule has 1 heterocycles. The summed E-state index contributed by atoms with van der Waals surface area (Å²) in [5.41, 5.74) is 2.25. The van der Waals surface area contributed by atoms with Crippen molar-refractivity contribution in [1.29, 1.82) is 5.26 Å². The third-order valence-corrected chi connectivity index (χ3v) is 6.15. The molecule has 0 radical (unpaired) electrons. The summed E-state index contributed by atoms with van der Waals surface area (Å²) in [5.74, 6) is 0.350. The number of ether oxygens (including phenoxy) is 1. The van der Waals surface area contributed by atoms with Crippen LogP contribution in [0.3, 0.4) is 0 Å². The third-order valence-electron chi connectivity index (χ3n) is 5.90. The molecule has 1 aliphatic heterocycles. The largest absolute Gasteiger partial charge is 0.497 e. The standard InChI is InChI=1S/C28H26ClN5O3/c1-37-24-10-5-9-22(17-24)31-27(35)19-28(36)34-25(20-7-3-2-4-8-20)18-26(32-34)33(16-6-15-30)23-13-11-21(29)12-14-23/h2-5,7-14,17,25H,6,16,18-19H2,1H3,(H,31,35)/t25-/m0/s1. The summed E-state index contributed by atoms with van der Waals surface area (Å²) in [6.07, 6.45) is 0.326. The molecule has 9 heteroatoms. The van der Waals surface area contributed by atoms with Gasteiger partial charge in [0.15, 0.2) is 0 Å². The molecule has 37 heavy (non-hydrogen) atoms. The Morgan fingerprint density at radius 2 is 1.89 bits per heavy atom. The summed E-state index contributed by atoms with van der Waals surface area (Å²) in [6.45, 7) is 0.400. The summed E-state index contributed by atoms with van der Waals surface area (Å²) >= 11 is 6.07. The van der Waals surface area contributed by atoms with Gasteiger partial charge in [-0.05, 0) is 42.0 Å². The first kappa shape index (κ1) is 25.7. The number of rotatable bonds is 8. The molecule has 3 aromatic carbocycles. The normalized spacial score (nSPS) is 14.5. The Hall–Kier alpha value is -4.35. The molecule has 1 N–H and O–H groups in total. The lowest BCUT2D eigenvalue weighted by atomic mass is 10.0. The number of anilines is 2. The number of amides is 2. The van der Waals surface area contributed by atoms with Crippen LogP contribution in [0.5, 0.6) is 5.75 Å². The van der Waals surface area contributed by atoms with E-state index in [1.165, 1.54) is 5.01 Å². The Bertz CT molecular complexity index is 1320. The van der Waals surface area contributed by atoms with Gasteiger partial charge in [-0.3, -0.25) is 9.59 Å². The van der Waals surface area contributed by atoms with Crippen molar-refractivity contribution in [3.8, 4) is 11.8 Å². The van der Waals surface area contributed by atoms with E-state index in [2.05, 4.69) is 16.5 Å². The zero-order valence-corrected chi connectivity index (χ0v) is 21.1. The summed E-state index contributed by atoms with van der Waals surface area (Å²) < 4.78 is 5.19. The van der Waals surface area contributed by atoms with Crippen LogP contribution in [0.1, 0.15) is 30.9 Å². The number of carbonyl (C=O) groups is 2. The highest BCUT2D eigenvalue weighted by molar-refractivity contribution is 6.30. The maximum absolute atomic E-state index is 13.4. The molecule has 8 nitrogen and oxygen atoms in total. The molecular weight excluding hydrogens is 490 g/mol. The van der Waals surface area contributed by atoms with Crippen molar-refractivity contribution in [3.05, 3.63) is 89.4 Å². The average molecular weight is 516 g/mol. The van der Waals surface area contributed by atoms with Gasteiger partial charge in [0.25, 0.3) is 5.91 Å². The van der Waals surface area contributed by atoms with Crippen LogP contribution in [0, 0.1) is 11.3 Å². The van der Waals surface area contributed by atoms with E-state index >= 15 is 0 Å². The van der Waals surface area contributed by atoms with Crippen molar-refractivity contribution in [2.75, 3.05) is 23.9 Å². The lowest BCUT2D eigenvalue weighted by Crippen LogP contribution is -2.31. The molecule has 2 amide bonds. The molecule has 1 aliphatic rings. The van der Waals surface area contributed by atoms with Crippen LogP contribution >= 0.6 is 11.6 Å². The van der Waals surface area contributed by atoms with Gasteiger partial charge >= 0.3 is 0 Å². The van der Waals surface area contributed by atoms with E-state index < -0.39 is 11.8 Å². The maximum Gasteiger partial charge on any atom is 0.252 e. The van der Waals surface area contributed by atoms with Crippen LogP contribution in [0.4, 0.5) is 11.4 Å². The zero-order valence-electron chi connectivity index (χ0n) is 20.3. The Balaban J connectivity index is 1.58. The van der Waals surface area contributed by atoms with Crippen LogP contribution < -0.4 is 15.0 Å². The van der Waals surface area contributed by atoms with Gasteiger partial charge in [0.2, 0.25) is 5.91 Å². The lowest BCUT2D eigenvalue weighted by molar-refractivity contribution is -0.136. The summed E-state index contributed by atoms with van der Waals surface area (Å²) in [7, 11) is 1.54. The van der Waals surface area contributed by atoms with Crippen LogP contribution in [-0.4, -0.2) is 36.3 Å². The summed E-state index contributed by atoms with van der Waals surface area (Å²) in [4.78, 5) is 28.0. The molecular formula is C28H26ClN5O3. The van der Waals surface area contributed by atoms with Crippen molar-refractivity contribution in [1.82, 2.24) is 5.01 Å². The van der Waals surface area contributed by atoms with Gasteiger partial charge in [-0.25, -0.2) is 5.01 Å². The molecule has 0 unspecified atom stereocenters. The van der Waals surface area contributed by atoms with E-state index in [4.69, 9.17) is 16.3 Å². The molecule has 0 saturated carbocycles. The smallest absolute Gasteiger partial charge is 0.252 e. The zero-order chi connectivity index (χ0) is 26.2. The molecule has 0 aromatic heterocycles. The molecule has 0 saturated heterocycles. The van der Waals surface area contributed by atoms with Gasteiger partial charge in [-0.15, -0.1) is 0 Å². The maximum atomic E-state index is 13.4. The van der Waals surface area contributed by atoms with E-state index in [1.54, 1.807) is 43.5 Å². The summed E-state index contributed by atoms with van der Waals surface area (Å²) in [5, 5.41) is 18.6. The fourth-order valence-electron chi connectivity index (χ4n) is 4.14. The van der Waals surface area contributed by atoms with Crippen molar-refractivity contribution >= 4 is 40.6 Å². The monoisotopic (exact) mass is 515 g/mol. The van der Waals surface area contributed by atoms with Gasteiger partial charge in [-0.1, -0.05) is 48.0 Å². The SMILES string of the molecule is COc1cccc(NC(=O)CC(=O)N2N=C(N(CCC#N)c3ccc(Cl)cc3)C[C@H]2c2ccccc2)c1. The molecule has 0 bridgehead atoms. The highest BCUT2D eigenvalue weighted by Crippen LogP contribution is 2.34. The topological polar surface area (TPSA) is 98.0 Å². The predicted molar refractivity (Wildman–Crippen MR) is 143 cm³/mol. The fraction of sp³-hybridized carbons (Fsp3) is 0.214. The molecule has 1 atom stereocenters. The van der Waals surface area contributed by atoms with Gasteiger partial charge in [-0.2, -0.15) is 10.4 Å². The fourth-order valence-corrected chi connectivity index (χ4v) is 4.26. The molecule has 0 aliphatic carbocycles. The number of methoxy groups -OCH3 is 1. The number of nitrogens with one attached hydrogen (secondary N) is 1. The minimum atomic E-state index is -0.451. The van der Waals surface area contributed by atoms with Gasteiger partial charge in [0, 0.05) is 35.4 Å². The number of halogens is 1. The number of carbonyl (C=O) groups excluding carboxylic acids is 2. The Morgan fingerprint density at radius 3 is 2.59 bits per heavy atom. The summed E-state index contributed by atoms with van der Waals surface area (Å²) in [6, 6.07) is 25.5. The van der Waals surface area contributed by atoms with Crippen molar-refractivity contribution in [2.45, 2.75) is 25.3 Å². The van der Waals surface area contributed by atoms with E-state index in [9.17, 15) is 14.9 Å². The first-order chi connectivity index (χ1) is 18.0. The third kappa shape index (κ3) is 6.46. The quantitative estimate of drug-likeness (QED) is 0.406. The van der Waals surface area contributed by atoms with Gasteiger partial charge in [0.1, 0.15) is 18.0 Å². The first-order valence-corrected chi connectivity index (χ1v) is 12.1. The van der Waals surface area contributed by atoms with Crippen molar-refractivity contribution in [3.63, 3.8) is 0 Å². The second-order valence-electron chi connectivity index (χ2n) is 8.38. The molecule has 4 rings (SSSR count). The number of hydrogen-bond donors (Lipinski definition) is 1. The predicted octanol–water partition coefficient (Wildman–Crippen LogP) is 5.38. The minimum Gasteiger partial charge on any atom is -0.497 e.